The van der Waals surface area contributed by atoms with Crippen molar-refractivity contribution < 1.29 is 9.53 Å². The van der Waals surface area contributed by atoms with Crippen LogP contribution in [0.5, 0.6) is 0 Å². The summed E-state index contributed by atoms with van der Waals surface area (Å²) in [5.41, 5.74) is 0.308. The normalized spacial score (nSPS) is 30.4. The number of allylic oxidation sites excluding steroid dienone is 1. The van der Waals surface area contributed by atoms with Crippen molar-refractivity contribution in [2.45, 2.75) is 40.0 Å². The number of hydrogen-bond donors (Lipinski definition) is 0. The van der Waals surface area contributed by atoms with Gasteiger partial charge < -0.3 is 4.74 Å². The maximum Gasteiger partial charge on any atom is 0.330 e. The molecule has 0 bridgehead atoms. The molecule has 2 heteroatoms. The highest BCUT2D eigenvalue weighted by molar-refractivity contribution is 5.81. The monoisotopic (exact) mass is 210 g/mol. The van der Waals surface area contributed by atoms with Crippen LogP contribution < -0.4 is 0 Å². The van der Waals surface area contributed by atoms with Gasteiger partial charge in [-0.3, -0.25) is 0 Å². The zero-order valence-corrected chi connectivity index (χ0v) is 10.2. The second-order valence-electron chi connectivity index (χ2n) is 5.27. The molecule has 0 aromatic rings. The molecule has 1 rings (SSSR count). The lowest BCUT2D eigenvalue weighted by molar-refractivity contribution is -0.134. The van der Waals surface area contributed by atoms with Gasteiger partial charge in [0.15, 0.2) is 0 Å². The Morgan fingerprint density at radius 1 is 1.47 bits per heavy atom. The molecule has 0 saturated heterocycles. The van der Waals surface area contributed by atoms with E-state index in [2.05, 4.69) is 25.5 Å². The van der Waals surface area contributed by atoms with E-state index >= 15 is 0 Å². The molecule has 15 heavy (non-hydrogen) atoms. The Balaban J connectivity index is 2.71. The number of esters is 1. The highest BCUT2D eigenvalue weighted by atomic mass is 16.5. The average Bonchev–Trinajstić information content (AvgIpc) is 2.15. The smallest absolute Gasteiger partial charge is 0.330 e. The Morgan fingerprint density at radius 3 is 2.67 bits per heavy atom. The van der Waals surface area contributed by atoms with Gasteiger partial charge in [0, 0.05) is 6.08 Å². The molecule has 1 aliphatic rings. The molecule has 0 unspecified atom stereocenters. The van der Waals surface area contributed by atoms with Crippen LogP contribution in [0, 0.1) is 17.3 Å². The van der Waals surface area contributed by atoms with Gasteiger partial charge >= 0.3 is 5.97 Å². The molecule has 0 N–H and O–H groups in total. The molecule has 1 aliphatic carbocycles. The van der Waals surface area contributed by atoms with E-state index in [4.69, 9.17) is 0 Å². The van der Waals surface area contributed by atoms with Gasteiger partial charge in [-0.25, -0.2) is 4.79 Å². The van der Waals surface area contributed by atoms with Crippen molar-refractivity contribution in [2.24, 2.45) is 17.3 Å². The third kappa shape index (κ3) is 3.08. The standard InChI is InChI=1S/C13H22O2/c1-10-6-5-9-13(2,3)11(10)7-8-12(14)15-4/h7-8,10-11H,5-6,9H2,1-4H3/t10-,11+/m0/s1. The molecule has 1 fully saturated rings. The van der Waals surface area contributed by atoms with E-state index in [0.717, 1.165) is 0 Å². The maximum absolute atomic E-state index is 11.1. The summed E-state index contributed by atoms with van der Waals surface area (Å²) in [6.07, 6.45) is 7.42. The second-order valence-corrected chi connectivity index (χ2v) is 5.27. The molecule has 1 saturated carbocycles. The van der Waals surface area contributed by atoms with Crippen molar-refractivity contribution in [1.29, 1.82) is 0 Å². The van der Waals surface area contributed by atoms with Crippen molar-refractivity contribution >= 4 is 5.97 Å². The fourth-order valence-electron chi connectivity index (χ4n) is 2.70. The summed E-state index contributed by atoms with van der Waals surface area (Å²) in [7, 11) is 1.42. The average molecular weight is 210 g/mol. The number of ether oxygens (including phenoxy) is 1. The summed E-state index contributed by atoms with van der Waals surface area (Å²) in [6.45, 7) is 6.84. The molecule has 0 spiro atoms. The van der Waals surface area contributed by atoms with Gasteiger partial charge in [-0.15, -0.1) is 0 Å². The molecule has 0 radical (unpaired) electrons. The Hall–Kier alpha value is -0.790. The number of carbonyl (C=O) groups excluding carboxylic acids is 1. The molecule has 2 nitrogen and oxygen atoms in total. The fourth-order valence-corrected chi connectivity index (χ4v) is 2.70. The summed E-state index contributed by atoms with van der Waals surface area (Å²) < 4.78 is 4.62. The summed E-state index contributed by atoms with van der Waals surface area (Å²) in [5.74, 6) is 0.906. The minimum Gasteiger partial charge on any atom is -0.466 e. The van der Waals surface area contributed by atoms with Crippen molar-refractivity contribution in [3.8, 4) is 0 Å². The van der Waals surface area contributed by atoms with Crippen LogP contribution in [0.25, 0.3) is 0 Å². The highest BCUT2D eigenvalue weighted by Crippen LogP contribution is 2.44. The Kier molecular flexibility index (Phi) is 3.95. The molecular formula is C13H22O2. The highest BCUT2D eigenvalue weighted by Gasteiger charge is 2.34. The van der Waals surface area contributed by atoms with Gasteiger partial charge in [0.2, 0.25) is 0 Å². The van der Waals surface area contributed by atoms with E-state index in [-0.39, 0.29) is 5.97 Å². The summed E-state index contributed by atoms with van der Waals surface area (Å²) in [4.78, 5) is 11.1. The minimum atomic E-state index is -0.247. The lowest BCUT2D eigenvalue weighted by Gasteiger charge is -2.41. The van der Waals surface area contributed by atoms with E-state index in [0.29, 0.717) is 17.3 Å². The van der Waals surface area contributed by atoms with Gasteiger partial charge in [0.1, 0.15) is 0 Å². The molecule has 86 valence electrons. The van der Waals surface area contributed by atoms with Crippen LogP contribution in [0.15, 0.2) is 12.2 Å². The molecule has 2 atom stereocenters. The topological polar surface area (TPSA) is 26.3 Å². The second kappa shape index (κ2) is 4.82. The third-order valence-corrected chi connectivity index (χ3v) is 3.64. The summed E-state index contributed by atoms with van der Waals surface area (Å²) in [6, 6.07) is 0. The van der Waals surface area contributed by atoms with Gasteiger partial charge in [-0.2, -0.15) is 0 Å². The molecule has 0 heterocycles. The predicted molar refractivity (Wildman–Crippen MR) is 61.4 cm³/mol. The van der Waals surface area contributed by atoms with E-state index < -0.39 is 0 Å². The minimum absolute atomic E-state index is 0.247. The zero-order valence-electron chi connectivity index (χ0n) is 10.2. The van der Waals surface area contributed by atoms with Crippen LogP contribution >= 0.6 is 0 Å². The number of carbonyl (C=O) groups is 1. The van der Waals surface area contributed by atoms with Gasteiger partial charge in [-0.05, 0) is 23.7 Å². The van der Waals surface area contributed by atoms with Crippen LogP contribution in [-0.4, -0.2) is 13.1 Å². The first-order chi connectivity index (χ1) is 6.97. The quantitative estimate of drug-likeness (QED) is 0.517. The SMILES string of the molecule is COC(=O)C=C[C@@H]1[C@@H](C)CCCC1(C)C. The first-order valence-electron chi connectivity index (χ1n) is 5.73. The first kappa shape index (κ1) is 12.3. The molecular weight excluding hydrogens is 188 g/mol. The molecule has 0 aliphatic heterocycles. The van der Waals surface area contributed by atoms with Crippen LogP contribution in [0.2, 0.25) is 0 Å². The Labute approximate surface area is 92.7 Å². The molecule has 0 aromatic heterocycles. The molecule has 0 amide bonds. The van der Waals surface area contributed by atoms with E-state index in [9.17, 15) is 4.79 Å². The fraction of sp³-hybridized carbons (Fsp3) is 0.769. The maximum atomic E-state index is 11.1. The lowest BCUT2D eigenvalue weighted by Crippen LogP contribution is -2.32. The Morgan fingerprint density at radius 2 is 2.13 bits per heavy atom. The summed E-state index contributed by atoms with van der Waals surface area (Å²) in [5, 5.41) is 0. The van der Waals surface area contributed by atoms with Crippen molar-refractivity contribution in [1.82, 2.24) is 0 Å². The number of methoxy groups -OCH3 is 1. The van der Waals surface area contributed by atoms with Crippen LogP contribution in [-0.2, 0) is 9.53 Å². The first-order valence-corrected chi connectivity index (χ1v) is 5.73. The van der Waals surface area contributed by atoms with E-state index in [1.165, 1.54) is 26.4 Å². The van der Waals surface area contributed by atoms with Crippen LogP contribution in [0.1, 0.15) is 40.0 Å². The van der Waals surface area contributed by atoms with Crippen molar-refractivity contribution in [3.63, 3.8) is 0 Å². The van der Waals surface area contributed by atoms with Gasteiger partial charge in [0.05, 0.1) is 7.11 Å². The van der Waals surface area contributed by atoms with Crippen LogP contribution in [0.4, 0.5) is 0 Å². The van der Waals surface area contributed by atoms with Crippen molar-refractivity contribution in [2.75, 3.05) is 7.11 Å². The van der Waals surface area contributed by atoms with E-state index in [1.807, 2.05) is 6.08 Å². The predicted octanol–water partition coefficient (Wildman–Crippen LogP) is 3.18. The molecule has 0 aromatic carbocycles. The van der Waals surface area contributed by atoms with Crippen LogP contribution in [0.3, 0.4) is 0 Å². The lowest BCUT2D eigenvalue weighted by atomic mass is 9.64. The summed E-state index contributed by atoms with van der Waals surface area (Å²) >= 11 is 0. The number of rotatable bonds is 2. The zero-order chi connectivity index (χ0) is 11.5. The van der Waals surface area contributed by atoms with Crippen molar-refractivity contribution in [3.05, 3.63) is 12.2 Å². The Bertz CT molecular complexity index is 253. The van der Waals surface area contributed by atoms with Gasteiger partial charge in [0.25, 0.3) is 0 Å². The van der Waals surface area contributed by atoms with E-state index in [1.54, 1.807) is 6.08 Å². The largest absolute Gasteiger partial charge is 0.466 e. The third-order valence-electron chi connectivity index (χ3n) is 3.64. The number of hydrogen-bond acceptors (Lipinski definition) is 2. The van der Waals surface area contributed by atoms with Gasteiger partial charge in [-0.1, -0.05) is 39.7 Å².